The van der Waals surface area contributed by atoms with Gasteiger partial charge in [-0.3, -0.25) is 9.59 Å². The smallest absolute Gasteiger partial charge is 0.408 e. The van der Waals surface area contributed by atoms with Gasteiger partial charge in [0, 0.05) is 5.56 Å². The highest BCUT2D eigenvalue weighted by atomic mass is 16.6. The van der Waals surface area contributed by atoms with E-state index in [4.69, 9.17) is 14.2 Å². The standard InChI is InChI=1S/C33H44N2O6/c1-9-10-11-18-40-28-17-12-14-23(4)30(28)25-16-13-15-24(20-25)26(21-29(36)39-8)34-31(37)27(19-22(2)3)35-32(38)41-33(5,6)7/h9,12-17,20,26-27H,1-2,10-11,18-19,21H2,3-8H3,(H,34,37)(H,35,38)/t26-,27-/m0/s1. The number of amides is 2. The first-order valence-corrected chi connectivity index (χ1v) is 13.8. The summed E-state index contributed by atoms with van der Waals surface area (Å²) in [5, 5.41) is 5.57. The fourth-order valence-corrected chi connectivity index (χ4v) is 4.23. The molecule has 0 aliphatic rings. The van der Waals surface area contributed by atoms with Crippen molar-refractivity contribution in [2.45, 2.75) is 78.0 Å². The van der Waals surface area contributed by atoms with Crippen LogP contribution >= 0.6 is 0 Å². The molecule has 2 N–H and O–H groups in total. The Bertz CT molecular complexity index is 1230. The van der Waals surface area contributed by atoms with E-state index in [1.807, 2.05) is 55.5 Å². The lowest BCUT2D eigenvalue weighted by Crippen LogP contribution is -2.49. The van der Waals surface area contributed by atoms with Gasteiger partial charge in [0.2, 0.25) is 5.91 Å². The van der Waals surface area contributed by atoms with Crippen LogP contribution < -0.4 is 15.4 Å². The third-order valence-corrected chi connectivity index (χ3v) is 6.10. The number of benzene rings is 2. The first kappa shape index (κ1) is 33.1. The summed E-state index contributed by atoms with van der Waals surface area (Å²) in [6.45, 7) is 17.2. The van der Waals surface area contributed by atoms with Gasteiger partial charge in [-0.25, -0.2) is 4.79 Å². The van der Waals surface area contributed by atoms with Crippen molar-refractivity contribution >= 4 is 18.0 Å². The van der Waals surface area contributed by atoms with Crippen LogP contribution in [0.15, 0.2) is 67.3 Å². The fraction of sp³-hybridized carbons (Fsp3) is 0.424. The SMILES string of the molecule is C=CCCCOc1cccc(C)c1-c1cccc([C@H](CC(=O)OC)NC(=O)[C@H](CC(=C)C)NC(=O)OC(C)(C)C)c1. The molecule has 2 rings (SSSR count). The summed E-state index contributed by atoms with van der Waals surface area (Å²) in [4.78, 5) is 38.3. The van der Waals surface area contributed by atoms with Crippen molar-refractivity contribution in [3.63, 3.8) is 0 Å². The van der Waals surface area contributed by atoms with Gasteiger partial charge < -0.3 is 24.8 Å². The first-order chi connectivity index (χ1) is 19.3. The summed E-state index contributed by atoms with van der Waals surface area (Å²) in [7, 11) is 1.30. The molecule has 2 amide bonds. The van der Waals surface area contributed by atoms with E-state index in [1.54, 1.807) is 27.7 Å². The average molecular weight is 565 g/mol. The Morgan fingerprint density at radius 1 is 1.05 bits per heavy atom. The third-order valence-electron chi connectivity index (χ3n) is 6.10. The molecular weight excluding hydrogens is 520 g/mol. The second-order valence-corrected chi connectivity index (χ2v) is 11.1. The van der Waals surface area contributed by atoms with Gasteiger partial charge in [0.25, 0.3) is 0 Å². The molecule has 0 saturated carbocycles. The van der Waals surface area contributed by atoms with Gasteiger partial charge in [-0.1, -0.05) is 42.0 Å². The molecule has 2 atom stereocenters. The van der Waals surface area contributed by atoms with Gasteiger partial charge in [0.15, 0.2) is 0 Å². The minimum Gasteiger partial charge on any atom is -0.493 e. The molecule has 0 saturated heterocycles. The fourth-order valence-electron chi connectivity index (χ4n) is 4.23. The van der Waals surface area contributed by atoms with Crippen molar-refractivity contribution in [1.82, 2.24) is 10.6 Å². The third kappa shape index (κ3) is 11.1. The normalized spacial score (nSPS) is 12.4. The maximum atomic E-state index is 13.5. The first-order valence-electron chi connectivity index (χ1n) is 13.8. The number of aryl methyl sites for hydroxylation is 1. The van der Waals surface area contributed by atoms with Crippen LogP contribution in [0.1, 0.15) is 70.5 Å². The number of unbranched alkanes of at least 4 members (excludes halogenated alkanes) is 1. The van der Waals surface area contributed by atoms with Crippen molar-refractivity contribution in [2.24, 2.45) is 0 Å². The summed E-state index contributed by atoms with van der Waals surface area (Å²) in [6, 6.07) is 11.8. The van der Waals surface area contributed by atoms with Crippen molar-refractivity contribution in [1.29, 1.82) is 0 Å². The van der Waals surface area contributed by atoms with Crippen LogP contribution in [0.4, 0.5) is 4.79 Å². The average Bonchev–Trinajstić information content (AvgIpc) is 2.89. The van der Waals surface area contributed by atoms with Crippen LogP contribution in [0.2, 0.25) is 0 Å². The van der Waals surface area contributed by atoms with E-state index in [-0.39, 0.29) is 12.8 Å². The monoisotopic (exact) mass is 564 g/mol. The van der Waals surface area contributed by atoms with Crippen LogP contribution in [0.25, 0.3) is 11.1 Å². The van der Waals surface area contributed by atoms with Crippen molar-refractivity contribution < 1.29 is 28.6 Å². The zero-order valence-electron chi connectivity index (χ0n) is 25.2. The molecule has 0 fully saturated rings. The number of carbonyl (C=O) groups excluding carboxylic acids is 3. The van der Waals surface area contributed by atoms with E-state index in [1.165, 1.54) is 7.11 Å². The van der Waals surface area contributed by atoms with E-state index in [2.05, 4.69) is 23.8 Å². The van der Waals surface area contributed by atoms with E-state index in [0.29, 0.717) is 17.7 Å². The molecule has 0 aromatic heterocycles. The number of nitrogens with one attached hydrogen (secondary N) is 2. The van der Waals surface area contributed by atoms with E-state index in [0.717, 1.165) is 35.3 Å². The predicted molar refractivity (Wildman–Crippen MR) is 162 cm³/mol. The van der Waals surface area contributed by atoms with Gasteiger partial charge in [-0.05, 0) is 82.7 Å². The van der Waals surface area contributed by atoms with Crippen LogP contribution in [-0.4, -0.2) is 43.3 Å². The number of carbonyl (C=O) groups is 3. The number of ether oxygens (including phenoxy) is 3. The van der Waals surface area contributed by atoms with Crippen LogP contribution in [0, 0.1) is 6.92 Å². The summed E-state index contributed by atoms with van der Waals surface area (Å²) in [6.07, 6.45) is 2.96. The Morgan fingerprint density at radius 3 is 2.39 bits per heavy atom. The molecule has 8 nitrogen and oxygen atoms in total. The number of esters is 1. The Balaban J connectivity index is 2.40. The highest BCUT2D eigenvalue weighted by Crippen LogP contribution is 2.35. The van der Waals surface area contributed by atoms with Crippen molar-refractivity contribution in [3.8, 4) is 16.9 Å². The van der Waals surface area contributed by atoms with Gasteiger partial charge in [-0.2, -0.15) is 0 Å². The van der Waals surface area contributed by atoms with Gasteiger partial charge in [0.05, 0.1) is 26.2 Å². The van der Waals surface area contributed by atoms with Crippen LogP contribution in [0.5, 0.6) is 5.75 Å². The molecule has 0 radical (unpaired) electrons. The molecular formula is C33H44N2O6. The molecule has 41 heavy (non-hydrogen) atoms. The lowest BCUT2D eigenvalue weighted by atomic mass is 9.94. The number of allylic oxidation sites excluding steroid dienone is 1. The summed E-state index contributed by atoms with van der Waals surface area (Å²) in [5.41, 5.74) is 3.52. The topological polar surface area (TPSA) is 103 Å². The zero-order valence-corrected chi connectivity index (χ0v) is 25.2. The van der Waals surface area contributed by atoms with Crippen LogP contribution in [0.3, 0.4) is 0 Å². The zero-order chi connectivity index (χ0) is 30.6. The second-order valence-electron chi connectivity index (χ2n) is 11.1. The molecule has 2 aromatic rings. The molecule has 0 aliphatic carbocycles. The highest BCUT2D eigenvalue weighted by Gasteiger charge is 2.28. The lowest BCUT2D eigenvalue weighted by molar-refractivity contribution is -0.141. The van der Waals surface area contributed by atoms with Gasteiger partial charge >= 0.3 is 12.1 Å². The number of hydrogen-bond donors (Lipinski definition) is 2. The minimum absolute atomic E-state index is 0.101. The largest absolute Gasteiger partial charge is 0.493 e. The Labute approximate surface area is 244 Å². The quantitative estimate of drug-likeness (QED) is 0.153. The van der Waals surface area contributed by atoms with Crippen molar-refractivity contribution in [3.05, 3.63) is 78.4 Å². The number of hydrogen-bond acceptors (Lipinski definition) is 6. The summed E-state index contributed by atoms with van der Waals surface area (Å²) in [5.74, 6) is -0.206. The maximum Gasteiger partial charge on any atom is 0.408 e. The number of rotatable bonds is 14. The summed E-state index contributed by atoms with van der Waals surface area (Å²) < 4.78 is 16.4. The molecule has 0 unspecified atom stereocenters. The molecule has 2 aromatic carbocycles. The predicted octanol–water partition coefficient (Wildman–Crippen LogP) is 6.59. The van der Waals surface area contributed by atoms with Gasteiger partial charge in [0.1, 0.15) is 17.4 Å². The van der Waals surface area contributed by atoms with E-state index < -0.39 is 35.7 Å². The van der Waals surface area contributed by atoms with E-state index >= 15 is 0 Å². The number of methoxy groups -OCH3 is 1. The Kier molecular flexibility index (Phi) is 12.6. The molecule has 222 valence electrons. The molecule has 8 heteroatoms. The van der Waals surface area contributed by atoms with Crippen LogP contribution in [-0.2, 0) is 19.1 Å². The minimum atomic E-state index is -0.947. The molecule has 0 heterocycles. The van der Waals surface area contributed by atoms with E-state index in [9.17, 15) is 14.4 Å². The Morgan fingerprint density at radius 2 is 1.76 bits per heavy atom. The second kappa shape index (κ2) is 15.6. The maximum absolute atomic E-state index is 13.5. The summed E-state index contributed by atoms with van der Waals surface area (Å²) >= 11 is 0. The van der Waals surface area contributed by atoms with Crippen molar-refractivity contribution in [2.75, 3.05) is 13.7 Å². The lowest BCUT2D eigenvalue weighted by Gasteiger charge is -2.26. The molecule has 0 bridgehead atoms. The highest BCUT2D eigenvalue weighted by molar-refractivity contribution is 5.87. The number of alkyl carbamates (subject to hydrolysis) is 1. The van der Waals surface area contributed by atoms with Gasteiger partial charge in [-0.15, -0.1) is 13.2 Å². The molecule has 0 aliphatic heterocycles. The Hall–Kier alpha value is -4.07. The molecule has 0 spiro atoms.